The van der Waals surface area contributed by atoms with Gasteiger partial charge in [0.25, 0.3) is 0 Å². The number of carboxylic acid groups (broad SMARTS) is 1. The molecule has 1 rings (SSSR count). The van der Waals surface area contributed by atoms with Gasteiger partial charge in [-0.05, 0) is 25.7 Å². The lowest BCUT2D eigenvalue weighted by Gasteiger charge is -2.37. The Labute approximate surface area is 118 Å². The van der Waals surface area contributed by atoms with E-state index >= 15 is 0 Å². The van der Waals surface area contributed by atoms with Crippen molar-refractivity contribution < 1.29 is 24.5 Å². The topological polar surface area (TPSA) is 99.1 Å². The van der Waals surface area contributed by atoms with E-state index in [0.29, 0.717) is 26.1 Å². The van der Waals surface area contributed by atoms with Crippen LogP contribution in [0.25, 0.3) is 0 Å². The monoisotopic (exact) mass is 288 g/mol. The molecule has 7 heteroatoms. The van der Waals surface area contributed by atoms with Crippen LogP contribution in [0.4, 0.5) is 4.79 Å². The number of amides is 1. The highest BCUT2D eigenvalue weighted by Crippen LogP contribution is 2.21. The number of alkyl carbamates (subject to hydrolysis) is 1. The summed E-state index contributed by atoms with van der Waals surface area (Å²) in [7, 11) is 0. The van der Waals surface area contributed by atoms with Crippen molar-refractivity contribution in [2.75, 3.05) is 32.8 Å². The van der Waals surface area contributed by atoms with Crippen molar-refractivity contribution in [2.24, 2.45) is 5.92 Å². The van der Waals surface area contributed by atoms with Crippen molar-refractivity contribution in [1.29, 1.82) is 0 Å². The molecule has 0 saturated carbocycles. The van der Waals surface area contributed by atoms with Crippen LogP contribution >= 0.6 is 0 Å². The number of carbonyl (C=O) groups excluding carboxylic acids is 1. The fourth-order valence-corrected chi connectivity index (χ4v) is 2.61. The fourth-order valence-electron chi connectivity index (χ4n) is 2.61. The molecule has 7 nitrogen and oxygen atoms in total. The Bertz CT molecular complexity index is 324. The zero-order valence-corrected chi connectivity index (χ0v) is 11.9. The molecule has 0 aromatic heterocycles. The summed E-state index contributed by atoms with van der Waals surface area (Å²) in [5.41, 5.74) is 0. The molecule has 1 saturated heterocycles. The lowest BCUT2D eigenvalue weighted by Crippen LogP contribution is -2.51. The molecule has 2 atom stereocenters. The maximum absolute atomic E-state index is 11.5. The second kappa shape index (κ2) is 8.76. The first-order chi connectivity index (χ1) is 9.55. The van der Waals surface area contributed by atoms with Crippen molar-refractivity contribution in [3.63, 3.8) is 0 Å². The highest BCUT2D eigenvalue weighted by Gasteiger charge is 2.28. The van der Waals surface area contributed by atoms with Crippen LogP contribution in [0.15, 0.2) is 0 Å². The normalized spacial score (nSPS) is 23.3. The Balaban J connectivity index is 2.50. The molecule has 0 aliphatic carbocycles. The lowest BCUT2D eigenvalue weighted by atomic mass is 9.90. The number of nitrogens with zero attached hydrogens (tertiary/aromatic N) is 1. The Morgan fingerprint density at radius 1 is 1.40 bits per heavy atom. The third-order valence-electron chi connectivity index (χ3n) is 3.39. The van der Waals surface area contributed by atoms with E-state index in [1.807, 2.05) is 4.90 Å². The fraction of sp³-hybridized carbons (Fsp3) is 0.846. The maximum Gasteiger partial charge on any atom is 0.407 e. The highest BCUT2D eigenvalue weighted by molar-refractivity contribution is 5.67. The molecule has 0 radical (unpaired) electrons. The molecule has 3 N–H and O–H groups in total. The largest absolute Gasteiger partial charge is 0.481 e. The molecule has 116 valence electrons. The maximum atomic E-state index is 11.5. The number of β-amino-alcohol motifs (C(OH)–C–C–N with tert-alkyl or cyclic N) is 1. The third-order valence-corrected chi connectivity index (χ3v) is 3.39. The zero-order valence-electron chi connectivity index (χ0n) is 11.9. The molecule has 0 bridgehead atoms. The summed E-state index contributed by atoms with van der Waals surface area (Å²) in [6.07, 6.45) is 1.01. The van der Waals surface area contributed by atoms with Crippen LogP contribution in [-0.2, 0) is 9.53 Å². The van der Waals surface area contributed by atoms with E-state index in [2.05, 4.69) is 5.32 Å². The van der Waals surface area contributed by atoms with Gasteiger partial charge in [0.1, 0.15) is 0 Å². The van der Waals surface area contributed by atoms with E-state index in [4.69, 9.17) is 14.9 Å². The molecule has 20 heavy (non-hydrogen) atoms. The number of carbonyl (C=O) groups is 2. The number of aliphatic carboxylic acids is 1. The van der Waals surface area contributed by atoms with Crippen molar-refractivity contribution in [3.8, 4) is 0 Å². The molecule has 0 aromatic rings. The van der Waals surface area contributed by atoms with Gasteiger partial charge in [-0.15, -0.1) is 0 Å². The van der Waals surface area contributed by atoms with E-state index in [1.54, 1.807) is 6.92 Å². The summed E-state index contributed by atoms with van der Waals surface area (Å²) in [5.74, 6) is -0.600. The van der Waals surface area contributed by atoms with Crippen LogP contribution in [0, 0.1) is 5.92 Å². The van der Waals surface area contributed by atoms with Gasteiger partial charge in [-0.2, -0.15) is 0 Å². The van der Waals surface area contributed by atoms with E-state index < -0.39 is 12.1 Å². The predicted octanol–water partition coefficient (Wildman–Crippen LogP) is 0.280. The van der Waals surface area contributed by atoms with Gasteiger partial charge in [-0.25, -0.2) is 4.79 Å². The van der Waals surface area contributed by atoms with Crippen molar-refractivity contribution in [2.45, 2.75) is 32.2 Å². The van der Waals surface area contributed by atoms with Crippen LogP contribution in [-0.4, -0.2) is 66.1 Å². The average Bonchev–Trinajstić information content (AvgIpc) is 2.36. The second-order valence-corrected chi connectivity index (χ2v) is 5.08. The van der Waals surface area contributed by atoms with Crippen molar-refractivity contribution >= 4 is 12.1 Å². The molecule has 2 unspecified atom stereocenters. The van der Waals surface area contributed by atoms with Gasteiger partial charge in [0.05, 0.1) is 13.2 Å². The van der Waals surface area contributed by atoms with Crippen LogP contribution in [0.1, 0.15) is 26.2 Å². The Kier molecular flexibility index (Phi) is 7.32. The number of hydrogen-bond donors (Lipinski definition) is 3. The number of likely N-dealkylation sites (tertiary alicyclic amines) is 1. The summed E-state index contributed by atoms with van der Waals surface area (Å²) in [4.78, 5) is 24.2. The van der Waals surface area contributed by atoms with Crippen LogP contribution < -0.4 is 5.32 Å². The van der Waals surface area contributed by atoms with Gasteiger partial charge >= 0.3 is 12.1 Å². The van der Waals surface area contributed by atoms with Crippen molar-refractivity contribution in [3.05, 3.63) is 0 Å². The van der Waals surface area contributed by atoms with Gasteiger partial charge in [-0.3, -0.25) is 9.69 Å². The number of nitrogens with one attached hydrogen (secondary N) is 1. The first-order valence-corrected chi connectivity index (χ1v) is 7.03. The number of carboxylic acids is 1. The number of aliphatic hydroxyl groups excluding tert-OH is 1. The summed E-state index contributed by atoms with van der Waals surface area (Å²) < 4.78 is 4.86. The Morgan fingerprint density at radius 2 is 2.15 bits per heavy atom. The first-order valence-electron chi connectivity index (χ1n) is 7.03. The quantitative estimate of drug-likeness (QED) is 0.622. The van der Waals surface area contributed by atoms with Gasteiger partial charge in [0.15, 0.2) is 0 Å². The minimum absolute atomic E-state index is 0.0534. The molecule has 1 aliphatic rings. The molecular weight excluding hydrogens is 264 g/mol. The number of aliphatic hydroxyl groups is 1. The van der Waals surface area contributed by atoms with E-state index in [1.165, 1.54) is 0 Å². The van der Waals surface area contributed by atoms with Gasteiger partial charge in [-0.1, -0.05) is 0 Å². The van der Waals surface area contributed by atoms with Gasteiger partial charge in [0.2, 0.25) is 0 Å². The third kappa shape index (κ3) is 6.21. The summed E-state index contributed by atoms with van der Waals surface area (Å²) in [6.45, 7) is 4.07. The lowest BCUT2D eigenvalue weighted by molar-refractivity contribution is -0.137. The predicted molar refractivity (Wildman–Crippen MR) is 72.4 cm³/mol. The molecule has 1 fully saturated rings. The molecule has 1 aliphatic heterocycles. The van der Waals surface area contributed by atoms with Crippen molar-refractivity contribution in [1.82, 2.24) is 10.2 Å². The molecule has 0 spiro atoms. The van der Waals surface area contributed by atoms with Gasteiger partial charge in [0, 0.05) is 32.1 Å². The highest BCUT2D eigenvalue weighted by atomic mass is 16.5. The Morgan fingerprint density at radius 3 is 2.75 bits per heavy atom. The number of ether oxygens (including phenoxy) is 1. The number of rotatable bonds is 7. The second-order valence-electron chi connectivity index (χ2n) is 5.08. The molecule has 1 amide bonds. The molecular formula is C13H24N2O5. The van der Waals surface area contributed by atoms with Crippen LogP contribution in [0.3, 0.4) is 0 Å². The SMILES string of the molecule is CCOC(=O)NC1CC(CCC(=O)O)CN(CCO)C1. The minimum Gasteiger partial charge on any atom is -0.481 e. The van der Waals surface area contributed by atoms with E-state index in [-0.39, 0.29) is 25.0 Å². The van der Waals surface area contributed by atoms with Gasteiger partial charge < -0.3 is 20.3 Å². The number of piperidine rings is 1. The molecule has 1 heterocycles. The molecule has 0 aromatic carbocycles. The first kappa shape index (κ1) is 16.7. The zero-order chi connectivity index (χ0) is 15.0. The standard InChI is InChI=1S/C13H24N2O5/c1-2-20-13(19)14-11-7-10(3-4-12(17)18)8-15(9-11)5-6-16/h10-11,16H,2-9H2,1H3,(H,14,19)(H,17,18). The van der Waals surface area contributed by atoms with Crippen LogP contribution in [0.2, 0.25) is 0 Å². The minimum atomic E-state index is -0.806. The van der Waals surface area contributed by atoms with E-state index in [0.717, 1.165) is 13.0 Å². The summed E-state index contributed by atoms with van der Waals surface area (Å²) >= 11 is 0. The summed E-state index contributed by atoms with van der Waals surface area (Å²) in [6, 6.07) is -0.0619. The average molecular weight is 288 g/mol. The van der Waals surface area contributed by atoms with E-state index in [9.17, 15) is 9.59 Å². The smallest absolute Gasteiger partial charge is 0.407 e. The van der Waals surface area contributed by atoms with Crippen LogP contribution in [0.5, 0.6) is 0 Å². The Hall–Kier alpha value is -1.34. The summed E-state index contributed by atoms with van der Waals surface area (Å²) in [5, 5.41) is 20.6. The number of hydrogen-bond acceptors (Lipinski definition) is 5.